The lowest BCUT2D eigenvalue weighted by Crippen LogP contribution is -2.17. The smallest absolute Gasteiger partial charge is 0.254 e. The van der Waals surface area contributed by atoms with Crippen LogP contribution in [0, 0.1) is 6.92 Å². The van der Waals surface area contributed by atoms with E-state index in [1.165, 1.54) is 0 Å². The molecule has 0 aliphatic rings. The van der Waals surface area contributed by atoms with Crippen molar-refractivity contribution in [2.24, 2.45) is 0 Å². The first-order valence-corrected chi connectivity index (χ1v) is 5.34. The number of nitrogens with one attached hydrogen (secondary N) is 1. The minimum Gasteiger partial charge on any atom is -0.459 e. The highest BCUT2D eigenvalue weighted by Crippen LogP contribution is 2.32. The number of fused-ring (bicyclic) bond motifs is 1. The van der Waals surface area contributed by atoms with E-state index >= 15 is 0 Å². The molecule has 0 aliphatic carbocycles. The molecule has 0 saturated carbocycles. The molecule has 4 heteroatoms. The van der Waals surface area contributed by atoms with Gasteiger partial charge in [-0.25, -0.2) is 0 Å². The molecule has 0 spiro atoms. The largest absolute Gasteiger partial charge is 0.459 e. The third kappa shape index (κ3) is 1.55. The van der Waals surface area contributed by atoms with E-state index < -0.39 is 0 Å². The molecule has 2 rings (SSSR count). The van der Waals surface area contributed by atoms with E-state index in [0.717, 1.165) is 15.6 Å². The maximum Gasteiger partial charge on any atom is 0.254 e. The molecule has 0 atom stereocenters. The Kier molecular flexibility index (Phi) is 2.52. The minimum absolute atomic E-state index is 0.137. The first-order valence-electron chi connectivity index (χ1n) is 4.55. The van der Waals surface area contributed by atoms with Crippen LogP contribution in [0.3, 0.4) is 0 Å². The summed E-state index contributed by atoms with van der Waals surface area (Å²) >= 11 is 3.43. The summed E-state index contributed by atoms with van der Waals surface area (Å²) in [6.07, 6.45) is 0. The lowest BCUT2D eigenvalue weighted by atomic mass is 10.1. The highest BCUT2D eigenvalue weighted by molar-refractivity contribution is 9.10. The van der Waals surface area contributed by atoms with E-state index in [0.29, 0.717) is 11.1 Å². The molecule has 1 amide bonds. The van der Waals surface area contributed by atoms with Crippen LogP contribution in [0.25, 0.3) is 11.0 Å². The van der Waals surface area contributed by atoms with Gasteiger partial charge in [0.2, 0.25) is 0 Å². The number of hydrogen-bond donors (Lipinski definition) is 1. The van der Waals surface area contributed by atoms with Crippen LogP contribution < -0.4 is 5.32 Å². The van der Waals surface area contributed by atoms with Gasteiger partial charge in [0.05, 0.1) is 10.0 Å². The van der Waals surface area contributed by atoms with E-state index in [4.69, 9.17) is 4.42 Å². The fourth-order valence-corrected chi connectivity index (χ4v) is 1.91. The molecular formula is C11H10BrNO2. The first kappa shape index (κ1) is 10.2. The van der Waals surface area contributed by atoms with Gasteiger partial charge in [0, 0.05) is 12.4 Å². The predicted molar refractivity (Wildman–Crippen MR) is 62.0 cm³/mol. The summed E-state index contributed by atoms with van der Waals surface area (Å²) in [7, 11) is 1.60. The summed E-state index contributed by atoms with van der Waals surface area (Å²) in [5.41, 5.74) is 1.19. The zero-order chi connectivity index (χ0) is 11.0. The number of hydrogen-bond acceptors (Lipinski definition) is 2. The van der Waals surface area contributed by atoms with E-state index in [1.807, 2.05) is 19.1 Å². The van der Waals surface area contributed by atoms with Gasteiger partial charge in [0.25, 0.3) is 5.91 Å². The molecule has 0 aliphatic heterocycles. The Morgan fingerprint density at radius 1 is 1.47 bits per heavy atom. The number of rotatable bonds is 1. The average molecular weight is 268 g/mol. The number of para-hydroxylation sites is 1. The third-order valence-electron chi connectivity index (χ3n) is 2.29. The molecule has 0 saturated heterocycles. The van der Waals surface area contributed by atoms with Crippen molar-refractivity contribution >= 4 is 32.8 Å². The molecular weight excluding hydrogens is 258 g/mol. The second kappa shape index (κ2) is 3.70. The van der Waals surface area contributed by atoms with Crippen LogP contribution in [-0.4, -0.2) is 13.0 Å². The van der Waals surface area contributed by atoms with Crippen LogP contribution in [0.15, 0.2) is 27.1 Å². The highest BCUT2D eigenvalue weighted by Gasteiger charge is 2.15. The normalized spacial score (nSPS) is 10.6. The van der Waals surface area contributed by atoms with Crippen LogP contribution in [0.1, 0.15) is 16.1 Å². The highest BCUT2D eigenvalue weighted by atomic mass is 79.9. The van der Waals surface area contributed by atoms with Crippen molar-refractivity contribution < 1.29 is 9.21 Å². The van der Waals surface area contributed by atoms with Crippen LogP contribution in [-0.2, 0) is 0 Å². The fourth-order valence-electron chi connectivity index (χ4n) is 1.52. The lowest BCUT2D eigenvalue weighted by Gasteiger charge is -1.99. The van der Waals surface area contributed by atoms with Crippen LogP contribution >= 0.6 is 15.9 Å². The predicted octanol–water partition coefficient (Wildman–Crippen LogP) is 2.86. The molecule has 1 aromatic heterocycles. The Morgan fingerprint density at radius 2 is 2.20 bits per heavy atom. The quantitative estimate of drug-likeness (QED) is 0.864. The van der Waals surface area contributed by atoms with E-state index in [9.17, 15) is 4.79 Å². The Bertz CT molecular complexity index is 531. The van der Waals surface area contributed by atoms with Crippen molar-refractivity contribution in [1.29, 1.82) is 0 Å². The molecule has 0 unspecified atom stereocenters. The second-order valence-corrected chi connectivity index (χ2v) is 4.03. The number of furan rings is 1. The molecule has 78 valence electrons. The van der Waals surface area contributed by atoms with Crippen LogP contribution in [0.4, 0.5) is 0 Å². The van der Waals surface area contributed by atoms with Gasteiger partial charge >= 0.3 is 0 Å². The number of carbonyl (C=O) groups is 1. The van der Waals surface area contributed by atoms with Crippen LogP contribution in [0.2, 0.25) is 0 Å². The SMILES string of the molecule is CNC(=O)c1cccc2c(Br)c(C)oc12. The topological polar surface area (TPSA) is 42.2 Å². The van der Waals surface area contributed by atoms with Crippen LogP contribution in [0.5, 0.6) is 0 Å². The summed E-state index contributed by atoms with van der Waals surface area (Å²) < 4.78 is 6.45. The Labute approximate surface area is 95.6 Å². The molecule has 2 aromatic rings. The molecule has 0 bridgehead atoms. The van der Waals surface area contributed by atoms with E-state index in [2.05, 4.69) is 21.2 Å². The maximum absolute atomic E-state index is 11.6. The molecule has 0 fully saturated rings. The van der Waals surface area contributed by atoms with Gasteiger partial charge in [-0.2, -0.15) is 0 Å². The van der Waals surface area contributed by atoms with Gasteiger partial charge in [-0.05, 0) is 35.0 Å². The Balaban J connectivity index is 2.77. The summed E-state index contributed by atoms with van der Waals surface area (Å²) in [5, 5.41) is 3.51. The van der Waals surface area contributed by atoms with Crippen molar-refractivity contribution in [2.75, 3.05) is 7.05 Å². The van der Waals surface area contributed by atoms with Gasteiger partial charge in [0.1, 0.15) is 11.3 Å². The second-order valence-electron chi connectivity index (χ2n) is 3.23. The van der Waals surface area contributed by atoms with Crippen molar-refractivity contribution in [2.45, 2.75) is 6.92 Å². The number of halogens is 1. The van der Waals surface area contributed by atoms with Gasteiger partial charge in [-0.15, -0.1) is 0 Å². The van der Waals surface area contributed by atoms with E-state index in [-0.39, 0.29) is 5.91 Å². The van der Waals surface area contributed by atoms with Gasteiger partial charge in [-0.1, -0.05) is 6.07 Å². The standard InChI is InChI=1S/C11H10BrNO2/c1-6-9(12)7-4-3-5-8(10(7)15-6)11(14)13-2/h3-5H,1-2H3,(H,13,14). The van der Waals surface area contributed by atoms with Crippen molar-refractivity contribution in [3.8, 4) is 0 Å². The Morgan fingerprint density at radius 3 is 2.87 bits per heavy atom. The lowest BCUT2D eigenvalue weighted by molar-refractivity contribution is 0.0964. The summed E-state index contributed by atoms with van der Waals surface area (Å²) in [4.78, 5) is 11.6. The summed E-state index contributed by atoms with van der Waals surface area (Å²) in [6, 6.07) is 5.51. The zero-order valence-corrected chi connectivity index (χ0v) is 10.0. The number of carbonyl (C=O) groups excluding carboxylic acids is 1. The van der Waals surface area contributed by atoms with E-state index in [1.54, 1.807) is 13.1 Å². The van der Waals surface area contributed by atoms with Gasteiger partial charge in [0.15, 0.2) is 0 Å². The molecule has 1 N–H and O–H groups in total. The van der Waals surface area contributed by atoms with Gasteiger partial charge < -0.3 is 9.73 Å². The molecule has 1 aromatic carbocycles. The summed E-state index contributed by atoms with van der Waals surface area (Å²) in [6.45, 7) is 1.86. The number of benzene rings is 1. The monoisotopic (exact) mass is 267 g/mol. The molecule has 15 heavy (non-hydrogen) atoms. The van der Waals surface area contributed by atoms with Crippen molar-refractivity contribution in [3.63, 3.8) is 0 Å². The molecule has 0 radical (unpaired) electrons. The van der Waals surface area contributed by atoms with Gasteiger partial charge in [-0.3, -0.25) is 4.79 Å². The molecule has 1 heterocycles. The number of amides is 1. The minimum atomic E-state index is -0.137. The van der Waals surface area contributed by atoms with Crippen molar-refractivity contribution in [1.82, 2.24) is 5.32 Å². The average Bonchev–Trinajstić information content (AvgIpc) is 2.54. The Hall–Kier alpha value is -1.29. The third-order valence-corrected chi connectivity index (χ3v) is 3.27. The number of aryl methyl sites for hydroxylation is 1. The summed E-state index contributed by atoms with van der Waals surface area (Å²) in [5.74, 6) is 0.642. The maximum atomic E-state index is 11.6. The zero-order valence-electron chi connectivity index (χ0n) is 8.43. The van der Waals surface area contributed by atoms with Crippen molar-refractivity contribution in [3.05, 3.63) is 34.0 Å². The first-order chi connectivity index (χ1) is 7.15. The molecule has 3 nitrogen and oxygen atoms in total. The fraction of sp³-hybridized carbons (Fsp3) is 0.182.